The normalized spacial score (nSPS) is 19.4. The van der Waals surface area contributed by atoms with Gasteiger partial charge in [-0.05, 0) is 34.5 Å². The molecule has 0 bridgehead atoms. The van der Waals surface area contributed by atoms with Gasteiger partial charge in [0.15, 0.2) is 0 Å². The predicted octanol–water partition coefficient (Wildman–Crippen LogP) is 1.94. The van der Waals surface area contributed by atoms with Crippen LogP contribution in [0, 0.1) is 0 Å². The molecular formula is C12H13BrClN3O3S. The van der Waals surface area contributed by atoms with Gasteiger partial charge in [-0.3, -0.25) is 4.79 Å². The largest absolute Gasteiger partial charge is 0.309 e. The summed E-state index contributed by atoms with van der Waals surface area (Å²) in [6.07, 6.45) is 3.78. The van der Waals surface area contributed by atoms with Crippen LogP contribution in [0.15, 0.2) is 35.0 Å². The van der Waals surface area contributed by atoms with Crippen molar-refractivity contribution in [3.8, 4) is 0 Å². The van der Waals surface area contributed by atoms with Crippen molar-refractivity contribution in [2.45, 2.75) is 12.5 Å². The molecule has 0 spiro atoms. The summed E-state index contributed by atoms with van der Waals surface area (Å²) in [6, 6.07) is 4.26. The number of amides is 1. The van der Waals surface area contributed by atoms with Gasteiger partial charge in [-0.15, -0.1) is 11.6 Å². The summed E-state index contributed by atoms with van der Waals surface area (Å²) in [5.74, 6) is -0.0780. The Morgan fingerprint density at radius 2 is 2.24 bits per heavy atom. The Morgan fingerprint density at radius 1 is 1.48 bits per heavy atom. The highest BCUT2D eigenvalue weighted by atomic mass is 79.9. The number of nitrogens with one attached hydrogen (secondary N) is 1. The number of pyridine rings is 1. The van der Waals surface area contributed by atoms with E-state index in [1.54, 1.807) is 30.4 Å². The van der Waals surface area contributed by atoms with Crippen LogP contribution in [-0.4, -0.2) is 41.4 Å². The average molecular weight is 395 g/mol. The molecule has 1 aliphatic rings. The van der Waals surface area contributed by atoms with Crippen molar-refractivity contribution in [3.63, 3.8) is 0 Å². The first kappa shape index (κ1) is 16.4. The first-order valence-electron chi connectivity index (χ1n) is 6.08. The molecule has 114 valence electrons. The third kappa shape index (κ3) is 4.03. The van der Waals surface area contributed by atoms with Gasteiger partial charge in [-0.2, -0.15) is 4.31 Å². The van der Waals surface area contributed by atoms with Crippen molar-refractivity contribution in [2.24, 2.45) is 0 Å². The Balaban J connectivity index is 2.18. The molecule has 1 amide bonds. The van der Waals surface area contributed by atoms with Crippen LogP contribution < -0.4 is 5.32 Å². The van der Waals surface area contributed by atoms with Crippen LogP contribution >= 0.6 is 27.5 Å². The Labute approximate surface area is 136 Å². The third-order valence-corrected chi connectivity index (χ3v) is 5.59. The summed E-state index contributed by atoms with van der Waals surface area (Å²) < 4.78 is 25.5. The number of halogens is 2. The summed E-state index contributed by atoms with van der Waals surface area (Å²) in [5, 5.41) is 2.06. The van der Waals surface area contributed by atoms with Crippen LogP contribution in [0.3, 0.4) is 0 Å². The first-order chi connectivity index (χ1) is 9.94. The molecule has 1 N–H and O–H groups in total. The van der Waals surface area contributed by atoms with E-state index in [0.29, 0.717) is 16.8 Å². The topological polar surface area (TPSA) is 79.4 Å². The van der Waals surface area contributed by atoms with E-state index < -0.39 is 27.2 Å². The maximum atomic E-state index is 12.3. The van der Waals surface area contributed by atoms with E-state index in [2.05, 4.69) is 26.2 Å². The minimum Gasteiger partial charge on any atom is -0.309 e. The van der Waals surface area contributed by atoms with Crippen LogP contribution in [0.4, 0.5) is 5.82 Å². The number of nitrogens with zero attached hydrogens (tertiary/aromatic N) is 2. The molecule has 1 atom stereocenters. The maximum absolute atomic E-state index is 12.3. The molecule has 0 fully saturated rings. The molecule has 2 rings (SSSR count). The number of alkyl halides is 1. The van der Waals surface area contributed by atoms with Gasteiger partial charge in [0.05, 0.1) is 0 Å². The highest BCUT2D eigenvalue weighted by molar-refractivity contribution is 9.10. The number of hydrogen-bond acceptors (Lipinski definition) is 4. The van der Waals surface area contributed by atoms with Crippen molar-refractivity contribution in [3.05, 3.63) is 35.0 Å². The Kier molecular flexibility index (Phi) is 5.37. The van der Waals surface area contributed by atoms with Crippen LogP contribution in [-0.2, 0) is 14.8 Å². The summed E-state index contributed by atoms with van der Waals surface area (Å²) in [5.41, 5.74) is 0. The lowest BCUT2D eigenvalue weighted by atomic mass is 10.1. The van der Waals surface area contributed by atoms with Crippen molar-refractivity contribution in [1.82, 2.24) is 9.29 Å². The molecule has 0 saturated heterocycles. The number of sulfonamides is 1. The number of rotatable bonds is 4. The highest BCUT2D eigenvalue weighted by Gasteiger charge is 2.34. The average Bonchev–Trinajstić information content (AvgIpc) is 2.47. The lowest BCUT2D eigenvalue weighted by molar-refractivity contribution is -0.119. The van der Waals surface area contributed by atoms with Crippen molar-refractivity contribution >= 4 is 49.3 Å². The van der Waals surface area contributed by atoms with E-state index in [4.69, 9.17) is 11.6 Å². The fraction of sp³-hybridized carbons (Fsp3) is 0.333. The van der Waals surface area contributed by atoms with E-state index in [0.717, 1.165) is 4.31 Å². The molecular weight excluding hydrogens is 382 g/mol. The van der Waals surface area contributed by atoms with Gasteiger partial charge in [0.1, 0.15) is 21.7 Å². The molecule has 0 aromatic carbocycles. The van der Waals surface area contributed by atoms with E-state index in [1.807, 2.05) is 0 Å². The number of carbonyl (C=O) groups excluding carboxylic acids is 1. The quantitative estimate of drug-likeness (QED) is 0.481. The Hall–Kier alpha value is -0.960. The molecule has 0 aliphatic carbocycles. The fourth-order valence-electron chi connectivity index (χ4n) is 1.94. The molecule has 1 aromatic heterocycles. The van der Waals surface area contributed by atoms with E-state index in [-0.39, 0.29) is 6.54 Å². The number of hydrogen-bond donors (Lipinski definition) is 1. The number of carbonyl (C=O) groups is 1. The lowest BCUT2D eigenvalue weighted by Gasteiger charge is -2.30. The SMILES string of the molecule is O=C(Nc1cccc(Br)n1)C1CC=CCN1S(=O)(=O)CCl. The number of aromatic nitrogens is 1. The minimum absolute atomic E-state index is 0.138. The molecule has 1 unspecified atom stereocenters. The summed E-state index contributed by atoms with van der Waals surface area (Å²) in [7, 11) is -3.66. The lowest BCUT2D eigenvalue weighted by Crippen LogP contribution is -2.49. The summed E-state index contributed by atoms with van der Waals surface area (Å²) >= 11 is 8.68. The van der Waals surface area contributed by atoms with Crippen LogP contribution in [0.5, 0.6) is 0 Å². The van der Waals surface area contributed by atoms with E-state index in [9.17, 15) is 13.2 Å². The smallest absolute Gasteiger partial charge is 0.244 e. The highest BCUT2D eigenvalue weighted by Crippen LogP contribution is 2.19. The van der Waals surface area contributed by atoms with Gasteiger partial charge in [-0.1, -0.05) is 18.2 Å². The zero-order chi connectivity index (χ0) is 15.5. The second-order valence-corrected chi connectivity index (χ2v) is 7.67. The Bertz CT molecular complexity index is 665. The van der Waals surface area contributed by atoms with Gasteiger partial charge < -0.3 is 5.32 Å². The van der Waals surface area contributed by atoms with Crippen molar-refractivity contribution in [1.29, 1.82) is 0 Å². The fourth-order valence-corrected chi connectivity index (χ4v) is 3.67. The predicted molar refractivity (Wildman–Crippen MR) is 84.5 cm³/mol. The maximum Gasteiger partial charge on any atom is 0.244 e. The van der Waals surface area contributed by atoms with Gasteiger partial charge in [0, 0.05) is 6.54 Å². The molecule has 1 aliphatic heterocycles. The number of anilines is 1. The van der Waals surface area contributed by atoms with Crippen molar-refractivity contribution in [2.75, 3.05) is 17.1 Å². The second kappa shape index (κ2) is 6.87. The third-order valence-electron chi connectivity index (χ3n) is 2.92. The zero-order valence-electron chi connectivity index (χ0n) is 10.9. The molecule has 1 aromatic rings. The van der Waals surface area contributed by atoms with Crippen LogP contribution in [0.25, 0.3) is 0 Å². The molecule has 6 nitrogen and oxygen atoms in total. The van der Waals surface area contributed by atoms with Crippen molar-refractivity contribution < 1.29 is 13.2 Å². The summed E-state index contributed by atoms with van der Waals surface area (Å²) in [4.78, 5) is 16.4. The van der Waals surface area contributed by atoms with Gasteiger partial charge in [-0.25, -0.2) is 13.4 Å². The van der Waals surface area contributed by atoms with Gasteiger partial charge in [0.2, 0.25) is 15.9 Å². The van der Waals surface area contributed by atoms with Crippen LogP contribution in [0.1, 0.15) is 6.42 Å². The standard InChI is InChI=1S/C12H13BrClN3O3S/c13-10-5-3-6-11(15-10)16-12(18)9-4-1-2-7-17(9)21(19,20)8-14/h1-3,5-6,9H,4,7-8H2,(H,15,16,18). The molecule has 0 saturated carbocycles. The van der Waals surface area contributed by atoms with Gasteiger partial charge >= 0.3 is 0 Å². The molecule has 21 heavy (non-hydrogen) atoms. The minimum atomic E-state index is -3.66. The van der Waals surface area contributed by atoms with E-state index in [1.165, 1.54) is 0 Å². The van der Waals surface area contributed by atoms with Gasteiger partial charge in [0.25, 0.3) is 0 Å². The molecule has 2 heterocycles. The first-order valence-corrected chi connectivity index (χ1v) is 9.01. The monoisotopic (exact) mass is 393 g/mol. The molecule has 9 heteroatoms. The molecule has 0 radical (unpaired) electrons. The van der Waals surface area contributed by atoms with Crippen LogP contribution in [0.2, 0.25) is 0 Å². The Morgan fingerprint density at radius 3 is 2.90 bits per heavy atom. The zero-order valence-corrected chi connectivity index (χ0v) is 14.0. The van der Waals surface area contributed by atoms with E-state index >= 15 is 0 Å². The second-order valence-electron chi connectivity index (χ2n) is 4.35. The summed E-state index contributed by atoms with van der Waals surface area (Å²) in [6.45, 7) is 0.138.